The summed E-state index contributed by atoms with van der Waals surface area (Å²) in [6.07, 6.45) is 1.58. The zero-order valence-corrected chi connectivity index (χ0v) is 12.2. The van der Waals surface area contributed by atoms with E-state index in [9.17, 15) is 9.18 Å². The number of hydrogen-bond acceptors (Lipinski definition) is 2. The van der Waals surface area contributed by atoms with Crippen LogP contribution in [0.2, 0.25) is 0 Å². The summed E-state index contributed by atoms with van der Waals surface area (Å²) in [6, 6.07) is 11.2. The molecule has 0 unspecified atom stereocenters. The van der Waals surface area contributed by atoms with E-state index in [2.05, 4.69) is 20.9 Å². The van der Waals surface area contributed by atoms with Crippen LogP contribution in [0.15, 0.2) is 47.1 Å². The van der Waals surface area contributed by atoms with Gasteiger partial charge in [-0.1, -0.05) is 15.9 Å². The van der Waals surface area contributed by atoms with Crippen molar-refractivity contribution >= 4 is 32.6 Å². The Kier molecular flexibility index (Phi) is 3.32. The van der Waals surface area contributed by atoms with Crippen LogP contribution in [-0.2, 0) is 0 Å². The van der Waals surface area contributed by atoms with E-state index in [0.717, 1.165) is 5.52 Å². The van der Waals surface area contributed by atoms with E-state index in [1.165, 1.54) is 12.1 Å². The average molecular weight is 343 g/mol. The van der Waals surface area contributed by atoms with Crippen LogP contribution in [0.25, 0.3) is 10.9 Å². The van der Waals surface area contributed by atoms with Crippen molar-refractivity contribution < 1.29 is 9.18 Å². The average Bonchev–Trinajstić information content (AvgIpc) is 2.88. The monoisotopic (exact) mass is 342 g/mol. The van der Waals surface area contributed by atoms with Gasteiger partial charge in [-0.3, -0.25) is 4.79 Å². The van der Waals surface area contributed by atoms with E-state index in [4.69, 9.17) is 5.26 Å². The van der Waals surface area contributed by atoms with E-state index in [1.54, 1.807) is 30.5 Å². The van der Waals surface area contributed by atoms with Gasteiger partial charge in [-0.2, -0.15) is 5.26 Å². The molecule has 102 valence electrons. The minimum Gasteiger partial charge on any atom is -0.360 e. The van der Waals surface area contributed by atoms with Crippen LogP contribution < -0.4 is 0 Å². The third-order valence-electron chi connectivity index (χ3n) is 3.18. The standard InChI is InChI=1S/C16H8BrFN2O/c17-11-4-10(5-12(18)6-11)16(21)14-8-20-15-2-1-9(7-19)3-13(14)15/h1-6,8,20H. The van der Waals surface area contributed by atoms with Crippen molar-refractivity contribution in [2.24, 2.45) is 0 Å². The van der Waals surface area contributed by atoms with Crippen LogP contribution in [-0.4, -0.2) is 10.8 Å². The highest BCUT2D eigenvalue weighted by Gasteiger charge is 2.16. The van der Waals surface area contributed by atoms with Gasteiger partial charge in [-0.15, -0.1) is 0 Å². The molecule has 1 aromatic heterocycles. The molecule has 2 aromatic carbocycles. The fourth-order valence-electron chi connectivity index (χ4n) is 2.22. The van der Waals surface area contributed by atoms with Crippen molar-refractivity contribution in [1.82, 2.24) is 4.98 Å². The molecule has 0 spiro atoms. The Morgan fingerprint density at radius 2 is 2.05 bits per heavy atom. The lowest BCUT2D eigenvalue weighted by atomic mass is 10.0. The van der Waals surface area contributed by atoms with E-state index in [0.29, 0.717) is 21.0 Å². The van der Waals surface area contributed by atoms with Crippen molar-refractivity contribution in [2.45, 2.75) is 0 Å². The lowest BCUT2D eigenvalue weighted by molar-refractivity contribution is 0.104. The largest absolute Gasteiger partial charge is 0.360 e. The van der Waals surface area contributed by atoms with Crippen molar-refractivity contribution in [3.8, 4) is 6.07 Å². The molecular weight excluding hydrogens is 335 g/mol. The number of aromatic nitrogens is 1. The second-order valence-electron chi connectivity index (χ2n) is 4.56. The molecule has 5 heteroatoms. The number of benzene rings is 2. The molecule has 0 saturated heterocycles. The normalized spacial score (nSPS) is 10.5. The van der Waals surface area contributed by atoms with Gasteiger partial charge in [0.25, 0.3) is 0 Å². The molecule has 0 saturated carbocycles. The van der Waals surface area contributed by atoms with Gasteiger partial charge >= 0.3 is 0 Å². The molecule has 0 atom stereocenters. The number of nitrogens with zero attached hydrogens (tertiary/aromatic N) is 1. The molecule has 0 aliphatic rings. The van der Waals surface area contributed by atoms with Crippen LogP contribution in [0, 0.1) is 17.1 Å². The van der Waals surface area contributed by atoms with Crippen LogP contribution >= 0.6 is 15.9 Å². The van der Waals surface area contributed by atoms with Gasteiger partial charge in [0.1, 0.15) is 5.82 Å². The Bertz CT molecular complexity index is 888. The summed E-state index contributed by atoms with van der Waals surface area (Å²) < 4.78 is 13.9. The fraction of sp³-hybridized carbons (Fsp3) is 0. The second-order valence-corrected chi connectivity index (χ2v) is 5.48. The van der Waals surface area contributed by atoms with Crippen molar-refractivity contribution in [1.29, 1.82) is 5.26 Å². The molecule has 3 rings (SSSR count). The van der Waals surface area contributed by atoms with Crippen LogP contribution in [0.1, 0.15) is 21.5 Å². The zero-order chi connectivity index (χ0) is 15.0. The predicted molar refractivity (Wildman–Crippen MR) is 80.5 cm³/mol. The highest BCUT2D eigenvalue weighted by Crippen LogP contribution is 2.24. The van der Waals surface area contributed by atoms with Gasteiger partial charge in [0, 0.05) is 32.7 Å². The van der Waals surface area contributed by atoms with Crippen molar-refractivity contribution in [3.63, 3.8) is 0 Å². The number of carbonyl (C=O) groups is 1. The summed E-state index contributed by atoms with van der Waals surface area (Å²) >= 11 is 3.17. The number of halogens is 2. The molecule has 3 aromatic rings. The highest BCUT2D eigenvalue weighted by molar-refractivity contribution is 9.10. The quantitative estimate of drug-likeness (QED) is 0.710. The number of fused-ring (bicyclic) bond motifs is 1. The summed E-state index contributed by atoms with van der Waals surface area (Å²) in [4.78, 5) is 15.5. The molecule has 1 heterocycles. The van der Waals surface area contributed by atoms with Gasteiger partial charge < -0.3 is 4.98 Å². The van der Waals surface area contributed by atoms with Gasteiger partial charge in [0.2, 0.25) is 0 Å². The second kappa shape index (κ2) is 5.15. The molecule has 0 aliphatic carbocycles. The lowest BCUT2D eigenvalue weighted by Crippen LogP contribution is -2.01. The Morgan fingerprint density at radius 3 is 2.76 bits per heavy atom. The Morgan fingerprint density at radius 1 is 1.24 bits per heavy atom. The van der Waals surface area contributed by atoms with Crippen molar-refractivity contribution in [3.05, 3.63) is 69.6 Å². The molecule has 0 bridgehead atoms. The molecule has 0 fully saturated rings. The molecule has 1 N–H and O–H groups in total. The highest BCUT2D eigenvalue weighted by atomic mass is 79.9. The van der Waals surface area contributed by atoms with E-state index in [1.807, 2.05) is 6.07 Å². The first-order chi connectivity index (χ1) is 10.1. The maximum Gasteiger partial charge on any atom is 0.195 e. The zero-order valence-electron chi connectivity index (χ0n) is 10.7. The smallest absolute Gasteiger partial charge is 0.195 e. The number of nitrogens with one attached hydrogen (secondary N) is 1. The van der Waals surface area contributed by atoms with E-state index < -0.39 is 5.82 Å². The summed E-state index contributed by atoms with van der Waals surface area (Å²) in [6.45, 7) is 0. The van der Waals surface area contributed by atoms with Crippen LogP contribution in [0.4, 0.5) is 4.39 Å². The summed E-state index contributed by atoms with van der Waals surface area (Å²) in [5, 5.41) is 9.61. The number of nitriles is 1. The van der Waals surface area contributed by atoms with Gasteiger partial charge in [-0.05, 0) is 36.4 Å². The third-order valence-corrected chi connectivity index (χ3v) is 3.64. The van der Waals surface area contributed by atoms with Gasteiger partial charge in [0.05, 0.1) is 11.6 Å². The molecule has 0 radical (unpaired) electrons. The minimum atomic E-state index is -0.481. The van der Waals surface area contributed by atoms with Crippen LogP contribution in [0.3, 0.4) is 0 Å². The van der Waals surface area contributed by atoms with Crippen LogP contribution in [0.5, 0.6) is 0 Å². The maximum absolute atomic E-state index is 13.4. The number of carbonyl (C=O) groups excluding carboxylic acids is 1. The molecular formula is C16H8BrFN2O. The molecule has 21 heavy (non-hydrogen) atoms. The number of ketones is 1. The molecule has 0 amide bonds. The van der Waals surface area contributed by atoms with Gasteiger partial charge in [0.15, 0.2) is 5.78 Å². The number of rotatable bonds is 2. The Hall–Kier alpha value is -2.45. The maximum atomic E-state index is 13.4. The number of hydrogen-bond donors (Lipinski definition) is 1. The summed E-state index contributed by atoms with van der Waals surface area (Å²) in [5.41, 5.74) is 1.90. The van der Waals surface area contributed by atoms with E-state index >= 15 is 0 Å². The number of H-pyrrole nitrogens is 1. The third kappa shape index (κ3) is 2.46. The minimum absolute atomic E-state index is 0.255. The fourth-order valence-corrected chi connectivity index (χ4v) is 2.68. The number of aromatic amines is 1. The summed E-state index contributed by atoms with van der Waals surface area (Å²) in [5.74, 6) is -0.776. The van der Waals surface area contributed by atoms with Crippen molar-refractivity contribution in [2.75, 3.05) is 0 Å². The topological polar surface area (TPSA) is 56.6 Å². The summed E-state index contributed by atoms with van der Waals surface area (Å²) in [7, 11) is 0. The SMILES string of the molecule is N#Cc1ccc2[nH]cc(C(=O)c3cc(F)cc(Br)c3)c2c1. The molecule has 3 nitrogen and oxygen atoms in total. The first kappa shape index (κ1) is 13.5. The first-order valence-corrected chi connectivity index (χ1v) is 6.90. The van der Waals surface area contributed by atoms with E-state index in [-0.39, 0.29) is 11.3 Å². The Labute approximate surface area is 128 Å². The Balaban J connectivity index is 2.15. The first-order valence-electron chi connectivity index (χ1n) is 6.10. The molecule has 0 aliphatic heterocycles. The predicted octanol–water partition coefficient (Wildman–Crippen LogP) is 4.17. The lowest BCUT2D eigenvalue weighted by Gasteiger charge is -2.02. The van der Waals surface area contributed by atoms with Gasteiger partial charge in [-0.25, -0.2) is 4.39 Å².